The number of ether oxygens (including phenoxy) is 1. The van der Waals surface area contributed by atoms with Gasteiger partial charge in [0, 0.05) is 25.7 Å². The van der Waals surface area contributed by atoms with Crippen molar-refractivity contribution in [3.63, 3.8) is 0 Å². The van der Waals surface area contributed by atoms with Gasteiger partial charge in [-0.25, -0.2) is 23.4 Å². The predicted molar refractivity (Wildman–Crippen MR) is 96.7 cm³/mol. The number of hydrogen-bond acceptors (Lipinski definition) is 6. The first-order chi connectivity index (χ1) is 12.3. The van der Waals surface area contributed by atoms with E-state index < -0.39 is 10.0 Å². The number of hydrogen-bond donors (Lipinski definition) is 0. The molecule has 1 fully saturated rings. The van der Waals surface area contributed by atoms with Gasteiger partial charge < -0.3 is 9.30 Å². The molecule has 0 aromatic carbocycles. The first-order valence-corrected chi connectivity index (χ1v) is 10.3. The Kier molecular flexibility index (Phi) is 5.50. The van der Waals surface area contributed by atoms with E-state index in [9.17, 15) is 8.42 Å². The molecule has 0 amide bonds. The van der Waals surface area contributed by atoms with Gasteiger partial charge in [-0.15, -0.1) is 0 Å². The second-order valence-electron chi connectivity index (χ2n) is 6.63. The zero-order chi connectivity index (χ0) is 18.9. The molecule has 0 aliphatic carbocycles. The van der Waals surface area contributed by atoms with E-state index >= 15 is 0 Å². The van der Waals surface area contributed by atoms with Crippen LogP contribution in [0.15, 0.2) is 23.6 Å². The molecule has 1 atom stereocenters. The van der Waals surface area contributed by atoms with Gasteiger partial charge in [-0.2, -0.15) is 4.31 Å². The standard InChI is InChI=1S/C16H22ClN5O3S/c1-11(2)15-20-14(10-21(15)3)26(23,24)22-6-4-5-13(9-22)25-16-18-7-12(17)8-19-16/h7-8,10-11,13H,4-6,9H2,1-3H3. The number of piperidine rings is 1. The molecule has 3 heterocycles. The minimum Gasteiger partial charge on any atom is -0.459 e. The van der Waals surface area contributed by atoms with Crippen LogP contribution in [0.1, 0.15) is 38.4 Å². The third-order valence-corrected chi connectivity index (χ3v) is 6.15. The lowest BCUT2D eigenvalue weighted by atomic mass is 10.1. The smallest absolute Gasteiger partial charge is 0.316 e. The summed E-state index contributed by atoms with van der Waals surface area (Å²) in [5.41, 5.74) is 0. The molecule has 1 saturated heterocycles. The molecular formula is C16H22ClN5O3S. The molecule has 8 nitrogen and oxygen atoms in total. The van der Waals surface area contributed by atoms with Crippen molar-refractivity contribution in [1.82, 2.24) is 23.8 Å². The summed E-state index contributed by atoms with van der Waals surface area (Å²) in [4.78, 5) is 12.3. The van der Waals surface area contributed by atoms with Crippen molar-refractivity contribution in [3.05, 3.63) is 29.4 Å². The largest absolute Gasteiger partial charge is 0.459 e. The zero-order valence-electron chi connectivity index (χ0n) is 15.0. The van der Waals surface area contributed by atoms with Crippen molar-refractivity contribution < 1.29 is 13.2 Å². The summed E-state index contributed by atoms with van der Waals surface area (Å²) in [7, 11) is -1.86. The first-order valence-electron chi connectivity index (χ1n) is 8.45. The van der Waals surface area contributed by atoms with E-state index in [0.29, 0.717) is 18.0 Å². The Hall–Kier alpha value is -1.71. The Balaban J connectivity index is 1.75. The van der Waals surface area contributed by atoms with Crippen LogP contribution in [0, 0.1) is 0 Å². The fourth-order valence-electron chi connectivity index (χ4n) is 2.98. The molecule has 0 spiro atoms. The maximum absolute atomic E-state index is 13.0. The normalized spacial score (nSPS) is 19.0. The molecule has 10 heteroatoms. The Labute approximate surface area is 158 Å². The van der Waals surface area contributed by atoms with Gasteiger partial charge in [-0.1, -0.05) is 25.4 Å². The third kappa shape index (κ3) is 3.99. The summed E-state index contributed by atoms with van der Waals surface area (Å²) in [6.07, 6.45) is 5.58. The van der Waals surface area contributed by atoms with Gasteiger partial charge in [0.25, 0.3) is 10.0 Å². The number of nitrogens with zero attached hydrogens (tertiary/aromatic N) is 5. The summed E-state index contributed by atoms with van der Waals surface area (Å²) in [5, 5.41) is 0.494. The van der Waals surface area contributed by atoms with Crippen LogP contribution in [0.2, 0.25) is 5.02 Å². The molecule has 142 valence electrons. The van der Waals surface area contributed by atoms with Gasteiger partial charge in [0.2, 0.25) is 0 Å². The van der Waals surface area contributed by atoms with Crippen LogP contribution in [-0.4, -0.2) is 51.4 Å². The van der Waals surface area contributed by atoms with Gasteiger partial charge in [-0.3, -0.25) is 0 Å². The molecular weight excluding hydrogens is 378 g/mol. The Morgan fingerprint density at radius 2 is 2.00 bits per heavy atom. The van der Waals surface area contributed by atoms with Crippen LogP contribution in [-0.2, 0) is 17.1 Å². The highest BCUT2D eigenvalue weighted by Crippen LogP contribution is 2.24. The van der Waals surface area contributed by atoms with E-state index in [1.54, 1.807) is 17.8 Å². The van der Waals surface area contributed by atoms with Gasteiger partial charge in [0.1, 0.15) is 11.9 Å². The van der Waals surface area contributed by atoms with E-state index in [1.165, 1.54) is 16.7 Å². The Morgan fingerprint density at radius 3 is 2.62 bits per heavy atom. The molecule has 1 aliphatic heterocycles. The number of sulfonamides is 1. The molecule has 3 rings (SSSR count). The van der Waals surface area contributed by atoms with Crippen molar-refractivity contribution in [3.8, 4) is 6.01 Å². The molecule has 0 saturated carbocycles. The molecule has 2 aromatic rings. The summed E-state index contributed by atoms with van der Waals surface area (Å²) >= 11 is 5.77. The molecule has 1 unspecified atom stereocenters. The monoisotopic (exact) mass is 399 g/mol. The highest BCUT2D eigenvalue weighted by molar-refractivity contribution is 7.89. The predicted octanol–water partition coefficient (Wildman–Crippen LogP) is 2.22. The van der Waals surface area contributed by atoms with Crippen molar-refractivity contribution in [2.75, 3.05) is 13.1 Å². The highest BCUT2D eigenvalue weighted by Gasteiger charge is 2.33. The summed E-state index contributed by atoms with van der Waals surface area (Å²) in [5.74, 6) is 0.881. The van der Waals surface area contributed by atoms with Crippen molar-refractivity contribution in [1.29, 1.82) is 0 Å². The fourth-order valence-corrected chi connectivity index (χ4v) is 4.57. The molecule has 26 heavy (non-hydrogen) atoms. The fraction of sp³-hybridized carbons (Fsp3) is 0.562. The molecule has 2 aromatic heterocycles. The summed E-state index contributed by atoms with van der Waals surface area (Å²) < 4.78 is 34.8. The lowest BCUT2D eigenvalue weighted by Gasteiger charge is -2.30. The molecule has 0 bridgehead atoms. The quantitative estimate of drug-likeness (QED) is 0.765. The molecule has 1 aliphatic rings. The maximum atomic E-state index is 13.0. The minimum atomic E-state index is -3.67. The lowest BCUT2D eigenvalue weighted by molar-refractivity contribution is 0.119. The second kappa shape index (κ2) is 7.50. The third-order valence-electron chi connectivity index (χ3n) is 4.22. The van der Waals surface area contributed by atoms with Crippen molar-refractivity contribution in [2.45, 2.75) is 43.7 Å². The van der Waals surface area contributed by atoms with Gasteiger partial charge in [0.15, 0.2) is 5.03 Å². The maximum Gasteiger partial charge on any atom is 0.316 e. The molecule has 0 radical (unpaired) electrons. The van der Waals surface area contributed by atoms with Crippen LogP contribution in [0.4, 0.5) is 0 Å². The number of aromatic nitrogens is 4. The zero-order valence-corrected chi connectivity index (χ0v) is 16.5. The van der Waals surface area contributed by atoms with Gasteiger partial charge in [0.05, 0.1) is 24.0 Å². The first kappa shape index (κ1) is 19.1. The van der Waals surface area contributed by atoms with Crippen LogP contribution in [0.3, 0.4) is 0 Å². The Bertz CT molecular complexity index is 867. The van der Waals surface area contributed by atoms with E-state index in [1.807, 2.05) is 13.8 Å². The number of halogens is 1. The lowest BCUT2D eigenvalue weighted by Crippen LogP contribution is -2.44. The van der Waals surface area contributed by atoms with E-state index in [-0.39, 0.29) is 29.6 Å². The van der Waals surface area contributed by atoms with Crippen LogP contribution in [0.25, 0.3) is 0 Å². The summed E-state index contributed by atoms with van der Waals surface area (Å²) in [6, 6.07) is 0.193. The Morgan fingerprint density at radius 1 is 1.31 bits per heavy atom. The van der Waals surface area contributed by atoms with E-state index in [4.69, 9.17) is 16.3 Å². The average molecular weight is 400 g/mol. The van der Waals surface area contributed by atoms with Crippen molar-refractivity contribution >= 4 is 21.6 Å². The SMILES string of the molecule is CC(C)c1nc(S(=O)(=O)N2CCCC(Oc3ncc(Cl)cn3)C2)cn1C. The summed E-state index contributed by atoms with van der Waals surface area (Å²) in [6.45, 7) is 4.64. The minimum absolute atomic E-state index is 0.0760. The average Bonchev–Trinajstić information content (AvgIpc) is 3.00. The number of rotatable bonds is 5. The second-order valence-corrected chi connectivity index (χ2v) is 8.95. The van der Waals surface area contributed by atoms with Crippen molar-refractivity contribution in [2.24, 2.45) is 7.05 Å². The van der Waals surface area contributed by atoms with Gasteiger partial charge >= 0.3 is 6.01 Å². The van der Waals surface area contributed by atoms with Crippen LogP contribution in [0.5, 0.6) is 6.01 Å². The van der Waals surface area contributed by atoms with Gasteiger partial charge in [-0.05, 0) is 12.8 Å². The van der Waals surface area contributed by atoms with E-state index in [0.717, 1.165) is 12.2 Å². The number of imidazole rings is 1. The van der Waals surface area contributed by atoms with Crippen LogP contribution >= 0.6 is 11.6 Å². The van der Waals surface area contributed by atoms with Crippen LogP contribution < -0.4 is 4.74 Å². The topological polar surface area (TPSA) is 90.2 Å². The molecule has 0 N–H and O–H groups in total. The van der Waals surface area contributed by atoms with E-state index in [2.05, 4.69) is 15.0 Å². The number of aryl methyl sites for hydroxylation is 1. The highest BCUT2D eigenvalue weighted by atomic mass is 35.5.